The second kappa shape index (κ2) is 9.63. The molecule has 0 saturated carbocycles. The molecule has 3 aromatic heterocycles. The van der Waals surface area contributed by atoms with Gasteiger partial charge in [0.15, 0.2) is 0 Å². The second-order valence-corrected chi connectivity index (χ2v) is 7.31. The lowest BCUT2D eigenvalue weighted by atomic mass is 9.98. The summed E-state index contributed by atoms with van der Waals surface area (Å²) >= 11 is 0. The molecule has 0 fully saturated rings. The first kappa shape index (κ1) is 23.9. The maximum absolute atomic E-state index is 13.2. The van der Waals surface area contributed by atoms with E-state index in [1.165, 1.54) is 16.9 Å². The Labute approximate surface area is 179 Å². The highest BCUT2D eigenvalue weighted by Crippen LogP contribution is 2.37. The Hall–Kier alpha value is -3.36. The number of hydrogen-bond donors (Lipinski definition) is 2. The lowest BCUT2D eigenvalue weighted by Gasteiger charge is -2.15. The standard InChI is InChI=1S/C20H22F3N5.C2H5N/c1-11(2)26-19-24-9-16(14(5)27-19)12(3)15-6-7-28-18(8-15)17(10-25-28)13(4)20(21,22)23;1-2-3/h6-11,13H,3H2,1-2,4-5H3,(H,24,26,27);2H,1,3H2. The van der Waals surface area contributed by atoms with Gasteiger partial charge in [0.05, 0.1) is 23.3 Å². The van der Waals surface area contributed by atoms with Crippen LogP contribution in [0.3, 0.4) is 0 Å². The maximum Gasteiger partial charge on any atom is 0.395 e. The van der Waals surface area contributed by atoms with Crippen molar-refractivity contribution in [3.05, 3.63) is 72.5 Å². The summed E-state index contributed by atoms with van der Waals surface area (Å²) in [5, 5.41) is 7.17. The van der Waals surface area contributed by atoms with Crippen LogP contribution < -0.4 is 11.1 Å². The molecule has 31 heavy (non-hydrogen) atoms. The number of anilines is 1. The minimum Gasteiger partial charge on any atom is -0.405 e. The first-order valence-electron chi connectivity index (χ1n) is 9.66. The first-order chi connectivity index (χ1) is 14.5. The largest absolute Gasteiger partial charge is 0.405 e. The van der Waals surface area contributed by atoms with Gasteiger partial charge in [0.2, 0.25) is 5.95 Å². The summed E-state index contributed by atoms with van der Waals surface area (Å²) in [5.41, 5.74) is 7.96. The van der Waals surface area contributed by atoms with Crippen molar-refractivity contribution >= 4 is 17.0 Å². The third-order valence-electron chi connectivity index (χ3n) is 4.58. The normalized spacial score (nSPS) is 12.3. The highest BCUT2D eigenvalue weighted by Gasteiger charge is 2.38. The van der Waals surface area contributed by atoms with E-state index < -0.39 is 12.1 Å². The molecule has 0 aromatic carbocycles. The van der Waals surface area contributed by atoms with Crippen LogP contribution in [0.25, 0.3) is 11.1 Å². The lowest BCUT2D eigenvalue weighted by Crippen LogP contribution is -2.17. The number of aryl methyl sites for hydroxylation is 1. The van der Waals surface area contributed by atoms with E-state index in [-0.39, 0.29) is 11.6 Å². The number of pyridine rings is 1. The molecule has 0 spiro atoms. The van der Waals surface area contributed by atoms with Crippen molar-refractivity contribution in [1.82, 2.24) is 19.6 Å². The predicted octanol–water partition coefficient (Wildman–Crippen LogP) is 5.07. The second-order valence-electron chi connectivity index (χ2n) is 7.31. The molecule has 6 nitrogen and oxygen atoms in total. The van der Waals surface area contributed by atoms with E-state index in [2.05, 4.69) is 39.3 Å². The van der Waals surface area contributed by atoms with Gasteiger partial charge in [-0.3, -0.25) is 0 Å². The van der Waals surface area contributed by atoms with Crippen molar-refractivity contribution in [1.29, 1.82) is 0 Å². The molecule has 0 aliphatic heterocycles. The van der Waals surface area contributed by atoms with Crippen LogP contribution in [0.5, 0.6) is 0 Å². The van der Waals surface area contributed by atoms with Gasteiger partial charge in [-0.2, -0.15) is 18.3 Å². The van der Waals surface area contributed by atoms with Gasteiger partial charge in [-0.05, 0) is 57.2 Å². The van der Waals surface area contributed by atoms with Crippen LogP contribution in [0.2, 0.25) is 0 Å². The van der Waals surface area contributed by atoms with E-state index >= 15 is 0 Å². The summed E-state index contributed by atoms with van der Waals surface area (Å²) in [5.74, 6) is -1.09. The first-order valence-corrected chi connectivity index (χ1v) is 9.66. The van der Waals surface area contributed by atoms with Gasteiger partial charge < -0.3 is 11.1 Å². The van der Waals surface area contributed by atoms with Crippen molar-refractivity contribution in [2.24, 2.45) is 5.73 Å². The van der Waals surface area contributed by atoms with Crippen molar-refractivity contribution < 1.29 is 13.2 Å². The Kier molecular flexibility index (Phi) is 7.43. The minimum atomic E-state index is -4.33. The average molecular weight is 432 g/mol. The fraction of sp³-hybridized carbons (Fsp3) is 0.318. The topological polar surface area (TPSA) is 81.1 Å². The van der Waals surface area contributed by atoms with Crippen molar-refractivity contribution in [3.8, 4) is 0 Å². The third-order valence-corrected chi connectivity index (χ3v) is 4.58. The zero-order chi connectivity index (χ0) is 23.3. The van der Waals surface area contributed by atoms with Gasteiger partial charge >= 0.3 is 6.18 Å². The van der Waals surface area contributed by atoms with Gasteiger partial charge in [0.25, 0.3) is 0 Å². The highest BCUT2D eigenvalue weighted by molar-refractivity contribution is 5.81. The average Bonchev–Trinajstić information content (AvgIpc) is 3.09. The number of rotatable bonds is 5. The Morgan fingerprint density at radius 2 is 1.90 bits per heavy atom. The number of fused-ring (bicyclic) bond motifs is 1. The molecule has 0 aliphatic carbocycles. The van der Waals surface area contributed by atoms with Crippen molar-refractivity contribution in [2.75, 3.05) is 5.32 Å². The molecule has 0 saturated heterocycles. The van der Waals surface area contributed by atoms with Crippen LogP contribution in [-0.2, 0) is 0 Å². The quantitative estimate of drug-likeness (QED) is 0.588. The van der Waals surface area contributed by atoms with Crippen LogP contribution in [-0.4, -0.2) is 31.8 Å². The van der Waals surface area contributed by atoms with Crippen molar-refractivity contribution in [2.45, 2.75) is 45.8 Å². The number of hydrogen-bond acceptors (Lipinski definition) is 5. The summed E-state index contributed by atoms with van der Waals surface area (Å²) in [4.78, 5) is 8.75. The van der Waals surface area contributed by atoms with E-state index in [9.17, 15) is 13.2 Å². The van der Waals surface area contributed by atoms with Crippen LogP contribution >= 0.6 is 0 Å². The molecule has 3 N–H and O–H groups in total. The fourth-order valence-electron chi connectivity index (χ4n) is 2.94. The monoisotopic (exact) mass is 432 g/mol. The SMILES string of the molecule is C=C(c1ccn2ncc(C(C)C(F)(F)F)c2c1)c1cnc(NC(C)C)nc1C.C=CN. The van der Waals surface area contributed by atoms with Crippen LogP contribution in [0.1, 0.15) is 49.1 Å². The van der Waals surface area contributed by atoms with Crippen molar-refractivity contribution in [3.63, 3.8) is 0 Å². The van der Waals surface area contributed by atoms with Gasteiger partial charge in [0.1, 0.15) is 0 Å². The van der Waals surface area contributed by atoms with Gasteiger partial charge in [0, 0.05) is 29.6 Å². The van der Waals surface area contributed by atoms with Crippen LogP contribution in [0.4, 0.5) is 19.1 Å². The number of aromatic nitrogens is 4. The predicted molar refractivity (Wildman–Crippen MR) is 118 cm³/mol. The summed E-state index contributed by atoms with van der Waals surface area (Å²) in [6.07, 6.45) is 1.49. The maximum atomic E-state index is 13.2. The molecule has 1 unspecified atom stereocenters. The summed E-state index contributed by atoms with van der Waals surface area (Å²) in [7, 11) is 0. The zero-order valence-electron chi connectivity index (χ0n) is 18.0. The smallest absolute Gasteiger partial charge is 0.395 e. The summed E-state index contributed by atoms with van der Waals surface area (Å²) < 4.78 is 40.9. The van der Waals surface area contributed by atoms with E-state index in [4.69, 9.17) is 0 Å². The fourth-order valence-corrected chi connectivity index (χ4v) is 2.94. The van der Waals surface area contributed by atoms with E-state index in [0.717, 1.165) is 18.2 Å². The third kappa shape index (κ3) is 5.62. The number of nitrogens with two attached hydrogens (primary N) is 1. The molecular formula is C22H27F3N6. The minimum absolute atomic E-state index is 0.131. The number of nitrogens with zero attached hydrogens (tertiary/aromatic N) is 4. The van der Waals surface area contributed by atoms with Gasteiger partial charge in [-0.25, -0.2) is 14.5 Å². The molecule has 0 amide bonds. The number of halogens is 3. The summed E-state index contributed by atoms with van der Waals surface area (Å²) in [6.45, 7) is 14.2. The molecular weight excluding hydrogens is 405 g/mol. The highest BCUT2D eigenvalue weighted by atomic mass is 19.4. The zero-order valence-corrected chi connectivity index (χ0v) is 18.0. The van der Waals surface area contributed by atoms with Gasteiger partial charge in [-0.15, -0.1) is 0 Å². The number of nitrogens with one attached hydrogen (secondary N) is 1. The Morgan fingerprint density at radius 1 is 1.26 bits per heavy atom. The number of alkyl halides is 3. The van der Waals surface area contributed by atoms with E-state index in [1.54, 1.807) is 24.5 Å². The molecule has 9 heteroatoms. The molecule has 3 rings (SSSR count). The van der Waals surface area contributed by atoms with Crippen LogP contribution in [0, 0.1) is 6.92 Å². The molecule has 0 bridgehead atoms. The lowest BCUT2D eigenvalue weighted by molar-refractivity contribution is -0.146. The summed E-state index contributed by atoms with van der Waals surface area (Å²) in [6, 6.07) is 3.64. The molecule has 166 valence electrons. The Bertz CT molecular complexity index is 1070. The van der Waals surface area contributed by atoms with E-state index in [1.807, 2.05) is 20.8 Å². The van der Waals surface area contributed by atoms with Gasteiger partial charge in [-0.1, -0.05) is 13.2 Å². The Morgan fingerprint density at radius 3 is 2.45 bits per heavy atom. The molecule has 0 radical (unpaired) electrons. The molecule has 0 aliphatic rings. The molecule has 3 aromatic rings. The molecule has 3 heterocycles. The van der Waals surface area contributed by atoms with E-state index in [0.29, 0.717) is 22.6 Å². The van der Waals surface area contributed by atoms with Crippen LogP contribution in [0.15, 0.2) is 50.1 Å². The Balaban J connectivity index is 0.00000107. The molecule has 1 atom stereocenters.